The predicted octanol–water partition coefficient (Wildman–Crippen LogP) is 2.57. The molecule has 1 aromatic carbocycles. The standard InChI is InChI=1S/C15H26N2O3S/c1-6-15(13-7-9-14(20-5)10-8-13)16-21(18,19)17(4)11-12(2)3/h7-10,12,15-16H,6,11H2,1-5H3. The molecule has 0 aliphatic rings. The average molecular weight is 314 g/mol. The van der Waals surface area contributed by atoms with Crippen molar-refractivity contribution in [3.8, 4) is 5.75 Å². The molecule has 0 aromatic heterocycles. The van der Waals surface area contributed by atoms with Crippen molar-refractivity contribution in [2.24, 2.45) is 5.92 Å². The maximum absolute atomic E-state index is 12.3. The molecule has 0 saturated heterocycles. The molecule has 21 heavy (non-hydrogen) atoms. The van der Waals surface area contributed by atoms with E-state index >= 15 is 0 Å². The fourth-order valence-corrected chi connectivity index (χ4v) is 3.44. The lowest BCUT2D eigenvalue weighted by Crippen LogP contribution is -2.41. The summed E-state index contributed by atoms with van der Waals surface area (Å²) in [5.41, 5.74) is 0.930. The van der Waals surface area contributed by atoms with E-state index in [0.29, 0.717) is 13.0 Å². The van der Waals surface area contributed by atoms with Gasteiger partial charge >= 0.3 is 0 Å². The molecule has 6 heteroatoms. The predicted molar refractivity (Wildman–Crippen MR) is 85.5 cm³/mol. The summed E-state index contributed by atoms with van der Waals surface area (Å²) < 4.78 is 33.9. The maximum atomic E-state index is 12.3. The Morgan fingerprint density at radius 2 is 1.81 bits per heavy atom. The summed E-state index contributed by atoms with van der Waals surface area (Å²) in [6.45, 7) is 6.44. The van der Waals surface area contributed by atoms with Gasteiger partial charge in [0, 0.05) is 19.6 Å². The molecule has 0 aliphatic heterocycles. The molecule has 0 saturated carbocycles. The van der Waals surface area contributed by atoms with Crippen molar-refractivity contribution in [2.45, 2.75) is 33.2 Å². The molecule has 0 bridgehead atoms. The van der Waals surface area contributed by atoms with Gasteiger partial charge in [-0.2, -0.15) is 17.4 Å². The smallest absolute Gasteiger partial charge is 0.279 e. The number of rotatable bonds is 8. The molecule has 0 spiro atoms. The van der Waals surface area contributed by atoms with E-state index in [4.69, 9.17) is 4.74 Å². The van der Waals surface area contributed by atoms with Crippen LogP contribution in [0.3, 0.4) is 0 Å². The van der Waals surface area contributed by atoms with Crippen molar-refractivity contribution in [2.75, 3.05) is 20.7 Å². The number of ether oxygens (including phenoxy) is 1. The number of benzene rings is 1. The van der Waals surface area contributed by atoms with Gasteiger partial charge in [-0.15, -0.1) is 0 Å². The first-order valence-electron chi connectivity index (χ1n) is 7.17. The number of nitrogens with zero attached hydrogens (tertiary/aromatic N) is 1. The van der Waals surface area contributed by atoms with E-state index in [-0.39, 0.29) is 12.0 Å². The molecule has 1 unspecified atom stereocenters. The van der Waals surface area contributed by atoms with Crippen LogP contribution in [0.2, 0.25) is 0 Å². The number of nitrogens with one attached hydrogen (secondary N) is 1. The van der Waals surface area contributed by atoms with Crippen LogP contribution in [-0.4, -0.2) is 33.4 Å². The first-order valence-corrected chi connectivity index (χ1v) is 8.61. The minimum absolute atomic E-state index is 0.240. The van der Waals surface area contributed by atoms with E-state index in [0.717, 1.165) is 11.3 Å². The van der Waals surface area contributed by atoms with Crippen LogP contribution in [0.1, 0.15) is 38.8 Å². The monoisotopic (exact) mass is 314 g/mol. The zero-order valence-electron chi connectivity index (χ0n) is 13.5. The Bertz CT molecular complexity index is 526. The Morgan fingerprint density at radius 1 is 1.24 bits per heavy atom. The molecule has 0 fully saturated rings. The first kappa shape index (κ1) is 17.9. The Balaban J connectivity index is 2.85. The molecule has 1 rings (SSSR count). The average Bonchev–Trinajstić information content (AvgIpc) is 2.44. The summed E-state index contributed by atoms with van der Waals surface area (Å²) in [5.74, 6) is 1.04. The van der Waals surface area contributed by atoms with E-state index in [9.17, 15) is 8.42 Å². The molecule has 120 valence electrons. The molecule has 0 radical (unpaired) electrons. The van der Waals surface area contributed by atoms with Crippen LogP contribution in [0.4, 0.5) is 0 Å². The van der Waals surface area contributed by atoms with Gasteiger partial charge in [0.15, 0.2) is 0 Å². The highest BCUT2D eigenvalue weighted by molar-refractivity contribution is 7.87. The Hall–Kier alpha value is -1.11. The lowest BCUT2D eigenvalue weighted by Gasteiger charge is -2.24. The third-order valence-corrected chi connectivity index (χ3v) is 4.80. The fourth-order valence-electron chi connectivity index (χ4n) is 2.11. The minimum Gasteiger partial charge on any atom is -0.497 e. The second-order valence-electron chi connectivity index (χ2n) is 5.53. The van der Waals surface area contributed by atoms with Crippen LogP contribution < -0.4 is 9.46 Å². The second-order valence-corrected chi connectivity index (χ2v) is 7.34. The van der Waals surface area contributed by atoms with Crippen molar-refractivity contribution in [1.29, 1.82) is 0 Å². The normalized spacial score (nSPS) is 13.7. The maximum Gasteiger partial charge on any atom is 0.279 e. The summed E-state index contributed by atoms with van der Waals surface area (Å²) >= 11 is 0. The van der Waals surface area contributed by atoms with Crippen LogP contribution >= 0.6 is 0 Å². The van der Waals surface area contributed by atoms with E-state index < -0.39 is 10.2 Å². The zero-order chi connectivity index (χ0) is 16.0. The van der Waals surface area contributed by atoms with Gasteiger partial charge in [-0.1, -0.05) is 32.9 Å². The third kappa shape index (κ3) is 5.30. The molecule has 1 N–H and O–H groups in total. The molecule has 0 aliphatic carbocycles. The summed E-state index contributed by atoms with van der Waals surface area (Å²) in [4.78, 5) is 0. The molecular weight excluding hydrogens is 288 g/mol. The van der Waals surface area contributed by atoms with Crippen molar-refractivity contribution in [3.05, 3.63) is 29.8 Å². The van der Waals surface area contributed by atoms with Crippen molar-refractivity contribution in [1.82, 2.24) is 9.03 Å². The van der Waals surface area contributed by atoms with Gasteiger partial charge in [-0.05, 0) is 30.0 Å². The van der Waals surface area contributed by atoms with Gasteiger partial charge in [0.05, 0.1) is 7.11 Å². The topological polar surface area (TPSA) is 58.6 Å². The van der Waals surface area contributed by atoms with E-state index in [2.05, 4.69) is 4.72 Å². The van der Waals surface area contributed by atoms with Gasteiger partial charge in [0.25, 0.3) is 10.2 Å². The van der Waals surface area contributed by atoms with Gasteiger partial charge in [-0.25, -0.2) is 0 Å². The zero-order valence-corrected chi connectivity index (χ0v) is 14.3. The fraction of sp³-hybridized carbons (Fsp3) is 0.600. The third-order valence-electron chi connectivity index (χ3n) is 3.25. The second kappa shape index (κ2) is 7.77. The van der Waals surface area contributed by atoms with Crippen LogP contribution in [0, 0.1) is 5.92 Å². The highest BCUT2D eigenvalue weighted by Gasteiger charge is 2.23. The van der Waals surface area contributed by atoms with Crippen LogP contribution in [0.5, 0.6) is 5.75 Å². The van der Waals surface area contributed by atoms with E-state index in [1.165, 1.54) is 4.31 Å². The van der Waals surface area contributed by atoms with Gasteiger partial charge in [-0.3, -0.25) is 0 Å². The van der Waals surface area contributed by atoms with Gasteiger partial charge in [0.2, 0.25) is 0 Å². The number of hydrogen-bond acceptors (Lipinski definition) is 3. The molecule has 5 nitrogen and oxygen atoms in total. The quantitative estimate of drug-likeness (QED) is 0.802. The Kier molecular flexibility index (Phi) is 6.64. The SMILES string of the molecule is CCC(NS(=O)(=O)N(C)CC(C)C)c1ccc(OC)cc1. The van der Waals surface area contributed by atoms with E-state index in [1.807, 2.05) is 45.0 Å². The molecule has 0 amide bonds. The lowest BCUT2D eigenvalue weighted by molar-refractivity contribution is 0.402. The minimum atomic E-state index is -3.48. The van der Waals surface area contributed by atoms with Crippen molar-refractivity contribution < 1.29 is 13.2 Å². The molecular formula is C15H26N2O3S. The summed E-state index contributed by atoms with van der Waals surface area (Å²) in [5, 5.41) is 0. The van der Waals surface area contributed by atoms with Crippen molar-refractivity contribution in [3.63, 3.8) is 0 Å². The largest absolute Gasteiger partial charge is 0.497 e. The lowest BCUT2D eigenvalue weighted by atomic mass is 10.1. The first-order chi connectivity index (χ1) is 9.80. The number of hydrogen-bond donors (Lipinski definition) is 1. The molecule has 0 heterocycles. The summed E-state index contributed by atoms with van der Waals surface area (Å²) in [7, 11) is -0.271. The number of methoxy groups -OCH3 is 1. The highest BCUT2D eigenvalue weighted by atomic mass is 32.2. The molecule has 1 aromatic rings. The van der Waals surface area contributed by atoms with Crippen LogP contribution in [-0.2, 0) is 10.2 Å². The van der Waals surface area contributed by atoms with Crippen molar-refractivity contribution >= 4 is 10.2 Å². The van der Waals surface area contributed by atoms with Gasteiger partial charge < -0.3 is 4.74 Å². The highest BCUT2D eigenvalue weighted by Crippen LogP contribution is 2.21. The van der Waals surface area contributed by atoms with E-state index in [1.54, 1.807) is 14.2 Å². The Labute approximate surface area is 128 Å². The summed E-state index contributed by atoms with van der Waals surface area (Å²) in [6, 6.07) is 7.21. The molecule has 1 atom stereocenters. The van der Waals surface area contributed by atoms with Crippen LogP contribution in [0.25, 0.3) is 0 Å². The van der Waals surface area contributed by atoms with Crippen LogP contribution in [0.15, 0.2) is 24.3 Å². The Morgan fingerprint density at radius 3 is 2.24 bits per heavy atom. The summed E-state index contributed by atoms with van der Waals surface area (Å²) in [6.07, 6.45) is 0.682. The van der Waals surface area contributed by atoms with Gasteiger partial charge in [0.1, 0.15) is 5.75 Å².